The summed E-state index contributed by atoms with van der Waals surface area (Å²) in [5, 5.41) is 6.01. The van der Waals surface area contributed by atoms with Gasteiger partial charge in [0.05, 0.1) is 11.9 Å². The lowest BCUT2D eigenvalue weighted by molar-refractivity contribution is 0.102. The number of anilines is 2. The molecular weight excluding hydrogens is 317 g/mol. The van der Waals surface area contributed by atoms with E-state index in [4.69, 9.17) is 0 Å². The van der Waals surface area contributed by atoms with Crippen LogP contribution in [-0.4, -0.2) is 17.4 Å². The summed E-state index contributed by atoms with van der Waals surface area (Å²) in [4.78, 5) is 16.3. The first-order chi connectivity index (χ1) is 12.2. The van der Waals surface area contributed by atoms with Gasteiger partial charge in [-0.3, -0.25) is 4.79 Å². The van der Waals surface area contributed by atoms with Crippen LogP contribution >= 0.6 is 0 Å². The van der Waals surface area contributed by atoms with Crippen LogP contribution in [0.2, 0.25) is 0 Å². The maximum absolute atomic E-state index is 12.9. The van der Waals surface area contributed by atoms with E-state index in [-0.39, 0.29) is 11.7 Å². The molecule has 1 heterocycles. The molecule has 126 valence electrons. The molecule has 0 aliphatic rings. The Hall–Kier alpha value is -3.21. The number of hydrogen-bond acceptors (Lipinski definition) is 3. The standard InChI is InChI=1S/C20H18FN3O/c21-17-8-6-15(7-9-17)12-13-22-18-10-11-19(23-14-18)24-20(25)16-4-2-1-3-5-16/h1-11,14,22H,12-13H2,(H,23,24,25). The molecule has 3 rings (SSSR count). The van der Waals surface area contributed by atoms with Gasteiger partial charge in [-0.15, -0.1) is 0 Å². The molecule has 2 N–H and O–H groups in total. The van der Waals surface area contributed by atoms with Crippen molar-refractivity contribution in [1.82, 2.24) is 4.98 Å². The van der Waals surface area contributed by atoms with E-state index in [0.717, 1.165) is 17.7 Å². The van der Waals surface area contributed by atoms with Gasteiger partial charge < -0.3 is 10.6 Å². The van der Waals surface area contributed by atoms with Crippen molar-refractivity contribution in [3.05, 3.63) is 89.9 Å². The Morgan fingerprint density at radius 3 is 2.40 bits per heavy atom. The third-order valence-electron chi connectivity index (χ3n) is 3.70. The number of aromatic nitrogens is 1. The van der Waals surface area contributed by atoms with E-state index in [2.05, 4.69) is 15.6 Å². The van der Waals surface area contributed by atoms with Crippen molar-refractivity contribution in [2.75, 3.05) is 17.2 Å². The minimum absolute atomic E-state index is 0.190. The van der Waals surface area contributed by atoms with E-state index in [1.807, 2.05) is 24.3 Å². The van der Waals surface area contributed by atoms with E-state index in [1.54, 1.807) is 36.5 Å². The van der Waals surface area contributed by atoms with Gasteiger partial charge in [0.15, 0.2) is 0 Å². The van der Waals surface area contributed by atoms with Gasteiger partial charge in [-0.2, -0.15) is 0 Å². The largest absolute Gasteiger partial charge is 0.383 e. The molecule has 0 unspecified atom stereocenters. The Labute approximate surface area is 145 Å². The lowest BCUT2D eigenvalue weighted by Crippen LogP contribution is -2.13. The van der Waals surface area contributed by atoms with E-state index in [1.165, 1.54) is 12.1 Å². The fourth-order valence-corrected chi connectivity index (χ4v) is 2.35. The van der Waals surface area contributed by atoms with Crippen molar-refractivity contribution in [3.63, 3.8) is 0 Å². The summed E-state index contributed by atoms with van der Waals surface area (Å²) in [6, 6.07) is 19.1. The van der Waals surface area contributed by atoms with Crippen LogP contribution in [0.1, 0.15) is 15.9 Å². The number of amides is 1. The van der Waals surface area contributed by atoms with Crippen LogP contribution < -0.4 is 10.6 Å². The monoisotopic (exact) mass is 335 g/mol. The van der Waals surface area contributed by atoms with Gasteiger partial charge in [0.1, 0.15) is 11.6 Å². The van der Waals surface area contributed by atoms with E-state index in [0.29, 0.717) is 17.9 Å². The SMILES string of the molecule is O=C(Nc1ccc(NCCc2ccc(F)cc2)cn1)c1ccccc1. The first-order valence-electron chi connectivity index (χ1n) is 8.01. The second-order valence-corrected chi connectivity index (χ2v) is 5.56. The molecule has 0 aliphatic carbocycles. The van der Waals surface area contributed by atoms with Gasteiger partial charge in [-0.05, 0) is 48.4 Å². The lowest BCUT2D eigenvalue weighted by atomic mass is 10.1. The molecule has 0 fully saturated rings. The van der Waals surface area contributed by atoms with Crippen LogP contribution in [0.5, 0.6) is 0 Å². The number of carbonyl (C=O) groups excluding carboxylic acids is 1. The molecule has 0 aliphatic heterocycles. The van der Waals surface area contributed by atoms with Crippen molar-refractivity contribution in [2.45, 2.75) is 6.42 Å². The second-order valence-electron chi connectivity index (χ2n) is 5.56. The van der Waals surface area contributed by atoms with Crippen LogP contribution in [-0.2, 0) is 6.42 Å². The number of nitrogens with one attached hydrogen (secondary N) is 2. The summed E-state index contributed by atoms with van der Waals surface area (Å²) in [7, 11) is 0. The number of carbonyl (C=O) groups is 1. The van der Waals surface area contributed by atoms with Gasteiger partial charge in [0, 0.05) is 12.1 Å². The Kier molecular flexibility index (Phi) is 5.36. The molecule has 2 aromatic carbocycles. The van der Waals surface area contributed by atoms with Crippen LogP contribution in [0, 0.1) is 5.82 Å². The summed E-state index contributed by atoms with van der Waals surface area (Å²) >= 11 is 0. The van der Waals surface area contributed by atoms with Gasteiger partial charge >= 0.3 is 0 Å². The summed E-state index contributed by atoms with van der Waals surface area (Å²) in [5.74, 6) is 0.0807. The van der Waals surface area contributed by atoms with E-state index in [9.17, 15) is 9.18 Å². The minimum atomic E-state index is -0.228. The number of pyridine rings is 1. The molecular formula is C20H18FN3O. The molecule has 1 amide bonds. The number of halogens is 1. The summed E-state index contributed by atoms with van der Waals surface area (Å²) < 4.78 is 12.9. The third kappa shape index (κ3) is 4.88. The summed E-state index contributed by atoms with van der Waals surface area (Å²) in [5.41, 5.74) is 2.51. The first kappa shape index (κ1) is 16.6. The van der Waals surface area contributed by atoms with E-state index < -0.39 is 0 Å². The average molecular weight is 335 g/mol. The highest BCUT2D eigenvalue weighted by Crippen LogP contribution is 2.12. The highest BCUT2D eigenvalue weighted by molar-refractivity contribution is 6.03. The molecule has 25 heavy (non-hydrogen) atoms. The number of nitrogens with zero attached hydrogens (tertiary/aromatic N) is 1. The minimum Gasteiger partial charge on any atom is -0.383 e. The highest BCUT2D eigenvalue weighted by Gasteiger charge is 2.05. The van der Waals surface area contributed by atoms with Gasteiger partial charge in [-0.1, -0.05) is 30.3 Å². The normalized spacial score (nSPS) is 10.3. The Morgan fingerprint density at radius 2 is 1.72 bits per heavy atom. The zero-order valence-electron chi connectivity index (χ0n) is 13.6. The average Bonchev–Trinajstić information content (AvgIpc) is 2.65. The first-order valence-corrected chi connectivity index (χ1v) is 8.01. The fourth-order valence-electron chi connectivity index (χ4n) is 2.35. The van der Waals surface area contributed by atoms with Gasteiger partial charge in [0.2, 0.25) is 0 Å². The van der Waals surface area contributed by atoms with Gasteiger partial charge in [0.25, 0.3) is 5.91 Å². The smallest absolute Gasteiger partial charge is 0.256 e. The molecule has 0 atom stereocenters. The van der Waals surface area contributed by atoms with Crippen molar-refractivity contribution in [3.8, 4) is 0 Å². The van der Waals surface area contributed by atoms with Crippen LogP contribution in [0.15, 0.2) is 72.9 Å². The van der Waals surface area contributed by atoms with Crippen molar-refractivity contribution >= 4 is 17.4 Å². The summed E-state index contributed by atoms with van der Waals surface area (Å²) in [6.07, 6.45) is 2.46. The van der Waals surface area contributed by atoms with Crippen LogP contribution in [0.4, 0.5) is 15.9 Å². The van der Waals surface area contributed by atoms with Gasteiger partial charge in [-0.25, -0.2) is 9.37 Å². The molecule has 5 heteroatoms. The van der Waals surface area contributed by atoms with Crippen molar-refractivity contribution in [2.24, 2.45) is 0 Å². The topological polar surface area (TPSA) is 54.0 Å². The predicted molar refractivity (Wildman–Crippen MR) is 97.2 cm³/mol. The van der Waals surface area contributed by atoms with Crippen LogP contribution in [0.3, 0.4) is 0 Å². The fraction of sp³-hybridized carbons (Fsp3) is 0.100. The van der Waals surface area contributed by atoms with E-state index >= 15 is 0 Å². The zero-order chi connectivity index (χ0) is 17.5. The maximum atomic E-state index is 12.9. The predicted octanol–water partition coefficient (Wildman–Crippen LogP) is 4.13. The van der Waals surface area contributed by atoms with Crippen LogP contribution in [0.25, 0.3) is 0 Å². The number of rotatable bonds is 6. The Morgan fingerprint density at radius 1 is 0.960 bits per heavy atom. The molecule has 0 spiro atoms. The summed E-state index contributed by atoms with van der Waals surface area (Å²) in [6.45, 7) is 0.711. The molecule has 0 radical (unpaired) electrons. The lowest BCUT2D eigenvalue weighted by Gasteiger charge is -2.08. The zero-order valence-corrected chi connectivity index (χ0v) is 13.6. The molecule has 4 nitrogen and oxygen atoms in total. The molecule has 3 aromatic rings. The molecule has 0 bridgehead atoms. The van der Waals surface area contributed by atoms with Crippen molar-refractivity contribution in [1.29, 1.82) is 0 Å². The third-order valence-corrected chi connectivity index (χ3v) is 3.70. The van der Waals surface area contributed by atoms with Crippen molar-refractivity contribution < 1.29 is 9.18 Å². The molecule has 0 saturated heterocycles. The molecule has 1 aromatic heterocycles. The quantitative estimate of drug-likeness (QED) is 0.712. The second kappa shape index (κ2) is 8.06. The Bertz CT molecular complexity index is 818. The molecule has 0 saturated carbocycles. The number of benzene rings is 2. The Balaban J connectivity index is 1.50. The highest BCUT2D eigenvalue weighted by atomic mass is 19.1. The number of hydrogen-bond donors (Lipinski definition) is 2. The maximum Gasteiger partial charge on any atom is 0.256 e.